The SMILES string of the molecule is Cc1cc(CC(=O)N2CCCO[C@H](Cn3cccn3)C2)on1. The number of rotatable bonds is 4. The highest BCUT2D eigenvalue weighted by Crippen LogP contribution is 2.11. The maximum atomic E-state index is 12.4. The summed E-state index contributed by atoms with van der Waals surface area (Å²) in [4.78, 5) is 14.3. The summed E-state index contributed by atoms with van der Waals surface area (Å²) in [5.41, 5.74) is 0.790. The monoisotopic (exact) mass is 304 g/mol. The van der Waals surface area contributed by atoms with Gasteiger partial charge in [-0.05, 0) is 19.4 Å². The third-order valence-electron chi connectivity index (χ3n) is 3.65. The average molecular weight is 304 g/mol. The predicted molar refractivity (Wildman–Crippen MR) is 78.1 cm³/mol. The number of aryl methyl sites for hydroxylation is 1. The summed E-state index contributed by atoms with van der Waals surface area (Å²) in [5, 5.41) is 8.01. The highest BCUT2D eigenvalue weighted by molar-refractivity contribution is 5.78. The lowest BCUT2D eigenvalue weighted by molar-refractivity contribution is -0.131. The summed E-state index contributed by atoms with van der Waals surface area (Å²) in [5.74, 6) is 0.656. The summed E-state index contributed by atoms with van der Waals surface area (Å²) in [6.45, 7) is 4.44. The summed E-state index contributed by atoms with van der Waals surface area (Å²) < 4.78 is 12.8. The van der Waals surface area contributed by atoms with Crippen molar-refractivity contribution in [3.05, 3.63) is 36.0 Å². The third-order valence-corrected chi connectivity index (χ3v) is 3.65. The molecule has 0 bridgehead atoms. The van der Waals surface area contributed by atoms with Crippen LogP contribution in [0.2, 0.25) is 0 Å². The van der Waals surface area contributed by atoms with Gasteiger partial charge in [0.15, 0.2) is 0 Å². The van der Waals surface area contributed by atoms with Gasteiger partial charge in [0.2, 0.25) is 5.91 Å². The largest absolute Gasteiger partial charge is 0.374 e. The molecule has 0 aromatic carbocycles. The van der Waals surface area contributed by atoms with Crippen LogP contribution in [0.3, 0.4) is 0 Å². The summed E-state index contributed by atoms with van der Waals surface area (Å²) in [7, 11) is 0. The Balaban J connectivity index is 1.60. The number of aromatic nitrogens is 3. The molecule has 22 heavy (non-hydrogen) atoms. The van der Waals surface area contributed by atoms with Gasteiger partial charge in [0.05, 0.1) is 24.8 Å². The Kier molecular flexibility index (Phi) is 4.53. The molecule has 3 rings (SSSR count). The molecule has 7 heteroatoms. The van der Waals surface area contributed by atoms with Crippen LogP contribution in [0.25, 0.3) is 0 Å². The smallest absolute Gasteiger partial charge is 0.230 e. The number of ether oxygens (including phenoxy) is 1. The van der Waals surface area contributed by atoms with Crippen molar-refractivity contribution in [1.29, 1.82) is 0 Å². The van der Waals surface area contributed by atoms with Crippen LogP contribution in [0.1, 0.15) is 17.9 Å². The Labute approximate surface area is 128 Å². The van der Waals surface area contributed by atoms with E-state index in [1.54, 1.807) is 12.3 Å². The van der Waals surface area contributed by atoms with E-state index in [4.69, 9.17) is 9.26 Å². The van der Waals surface area contributed by atoms with Gasteiger partial charge in [-0.25, -0.2) is 0 Å². The topological polar surface area (TPSA) is 73.4 Å². The molecular weight excluding hydrogens is 284 g/mol. The van der Waals surface area contributed by atoms with Crippen molar-refractivity contribution in [2.24, 2.45) is 0 Å². The molecule has 1 saturated heterocycles. The first-order chi connectivity index (χ1) is 10.7. The quantitative estimate of drug-likeness (QED) is 0.844. The highest BCUT2D eigenvalue weighted by atomic mass is 16.5. The lowest BCUT2D eigenvalue weighted by Gasteiger charge is -2.23. The molecule has 1 atom stereocenters. The lowest BCUT2D eigenvalue weighted by atomic mass is 10.2. The Morgan fingerprint density at radius 2 is 2.41 bits per heavy atom. The van der Waals surface area contributed by atoms with Gasteiger partial charge in [0, 0.05) is 38.2 Å². The molecule has 0 saturated carbocycles. The fraction of sp³-hybridized carbons (Fsp3) is 0.533. The van der Waals surface area contributed by atoms with Crippen LogP contribution in [0.4, 0.5) is 0 Å². The molecule has 2 aromatic heterocycles. The number of amides is 1. The normalized spacial score (nSPS) is 19.1. The molecule has 0 aliphatic carbocycles. The minimum Gasteiger partial charge on any atom is -0.374 e. The van der Waals surface area contributed by atoms with E-state index in [0.717, 1.165) is 12.1 Å². The summed E-state index contributed by atoms with van der Waals surface area (Å²) >= 11 is 0. The fourth-order valence-corrected chi connectivity index (χ4v) is 2.61. The highest BCUT2D eigenvalue weighted by Gasteiger charge is 2.24. The van der Waals surface area contributed by atoms with Crippen LogP contribution in [-0.2, 0) is 22.5 Å². The molecule has 3 heterocycles. The maximum absolute atomic E-state index is 12.4. The van der Waals surface area contributed by atoms with Crippen molar-refractivity contribution in [3.63, 3.8) is 0 Å². The zero-order valence-electron chi connectivity index (χ0n) is 12.6. The van der Waals surface area contributed by atoms with Crippen molar-refractivity contribution in [2.75, 3.05) is 19.7 Å². The molecule has 1 amide bonds. The van der Waals surface area contributed by atoms with Crippen molar-refractivity contribution >= 4 is 5.91 Å². The first kappa shape index (κ1) is 14.8. The van der Waals surface area contributed by atoms with Crippen LogP contribution >= 0.6 is 0 Å². The molecule has 1 fully saturated rings. The lowest BCUT2D eigenvalue weighted by Crippen LogP contribution is -2.39. The average Bonchev–Trinajstić information content (AvgIpc) is 3.07. The molecular formula is C15H20N4O3. The molecule has 0 radical (unpaired) electrons. The van der Waals surface area contributed by atoms with Crippen molar-refractivity contribution < 1.29 is 14.1 Å². The van der Waals surface area contributed by atoms with E-state index in [9.17, 15) is 4.79 Å². The van der Waals surface area contributed by atoms with Gasteiger partial charge >= 0.3 is 0 Å². The van der Waals surface area contributed by atoms with Crippen LogP contribution < -0.4 is 0 Å². The molecule has 2 aromatic rings. The van der Waals surface area contributed by atoms with Gasteiger partial charge in [0.1, 0.15) is 5.76 Å². The van der Waals surface area contributed by atoms with E-state index in [1.807, 2.05) is 28.8 Å². The van der Waals surface area contributed by atoms with Crippen molar-refractivity contribution in [3.8, 4) is 0 Å². The molecule has 7 nitrogen and oxygen atoms in total. The Morgan fingerprint density at radius 3 is 3.14 bits per heavy atom. The standard InChI is InChI=1S/C15H20N4O3/c1-12-8-13(22-17-12)9-15(20)18-5-3-7-21-14(10-18)11-19-6-2-4-16-19/h2,4,6,8,14H,3,5,7,9-11H2,1H3/t14-/m0/s1. The van der Waals surface area contributed by atoms with Crippen LogP contribution in [0.5, 0.6) is 0 Å². The minimum absolute atomic E-state index is 0.0391. The van der Waals surface area contributed by atoms with Gasteiger partial charge in [-0.1, -0.05) is 5.16 Å². The molecule has 1 aliphatic rings. The molecule has 0 unspecified atom stereocenters. The van der Waals surface area contributed by atoms with E-state index < -0.39 is 0 Å². The van der Waals surface area contributed by atoms with Crippen LogP contribution in [-0.4, -0.2) is 51.5 Å². The van der Waals surface area contributed by atoms with Crippen LogP contribution in [0.15, 0.2) is 29.0 Å². The molecule has 0 N–H and O–H groups in total. The summed E-state index contributed by atoms with van der Waals surface area (Å²) in [6, 6.07) is 3.68. The number of carbonyl (C=O) groups excluding carboxylic acids is 1. The Morgan fingerprint density at radius 1 is 1.50 bits per heavy atom. The van der Waals surface area contributed by atoms with Gasteiger partial charge in [-0.15, -0.1) is 0 Å². The fourth-order valence-electron chi connectivity index (χ4n) is 2.61. The number of carbonyl (C=O) groups is 1. The van der Waals surface area contributed by atoms with Crippen molar-refractivity contribution in [2.45, 2.75) is 32.4 Å². The van der Waals surface area contributed by atoms with Gasteiger partial charge < -0.3 is 14.2 Å². The van der Waals surface area contributed by atoms with E-state index in [-0.39, 0.29) is 18.4 Å². The van der Waals surface area contributed by atoms with Crippen molar-refractivity contribution in [1.82, 2.24) is 19.8 Å². The van der Waals surface area contributed by atoms with E-state index in [2.05, 4.69) is 10.3 Å². The zero-order valence-corrected chi connectivity index (χ0v) is 12.6. The predicted octanol–water partition coefficient (Wildman–Crippen LogP) is 1.04. The maximum Gasteiger partial charge on any atom is 0.230 e. The first-order valence-corrected chi connectivity index (χ1v) is 7.50. The second-order valence-electron chi connectivity index (χ2n) is 5.53. The number of hydrogen-bond donors (Lipinski definition) is 0. The van der Waals surface area contributed by atoms with Gasteiger partial charge in [0.25, 0.3) is 0 Å². The third kappa shape index (κ3) is 3.73. The van der Waals surface area contributed by atoms with E-state index >= 15 is 0 Å². The summed E-state index contributed by atoms with van der Waals surface area (Å²) in [6.07, 6.45) is 4.69. The second kappa shape index (κ2) is 6.74. The van der Waals surface area contributed by atoms with Crippen LogP contribution in [0, 0.1) is 6.92 Å². The van der Waals surface area contributed by atoms with Gasteiger partial charge in [-0.2, -0.15) is 5.10 Å². The zero-order chi connectivity index (χ0) is 15.4. The molecule has 0 spiro atoms. The second-order valence-corrected chi connectivity index (χ2v) is 5.53. The minimum atomic E-state index is -0.0391. The molecule has 1 aliphatic heterocycles. The first-order valence-electron chi connectivity index (χ1n) is 7.50. The van der Waals surface area contributed by atoms with E-state index in [1.165, 1.54) is 0 Å². The van der Waals surface area contributed by atoms with Gasteiger partial charge in [-0.3, -0.25) is 9.48 Å². The Bertz CT molecular complexity index is 608. The molecule has 118 valence electrons. The van der Waals surface area contributed by atoms with E-state index in [0.29, 0.717) is 32.0 Å². The Hall–Kier alpha value is -2.15. The number of hydrogen-bond acceptors (Lipinski definition) is 5. The number of nitrogens with zero attached hydrogens (tertiary/aromatic N) is 4.